The van der Waals surface area contributed by atoms with Crippen molar-refractivity contribution in [3.63, 3.8) is 0 Å². The number of benzene rings is 4. The Balaban J connectivity index is 0.00000374. The third-order valence-electron chi connectivity index (χ3n) is 8.32. The van der Waals surface area contributed by atoms with Crippen molar-refractivity contribution in [3.8, 4) is 0 Å². The molecule has 0 aliphatic heterocycles. The molecule has 316 valence electrons. The summed E-state index contributed by atoms with van der Waals surface area (Å²) in [6.45, 7) is 0. The van der Waals surface area contributed by atoms with Gasteiger partial charge in [0.05, 0.1) is 21.2 Å². The van der Waals surface area contributed by atoms with E-state index in [-0.39, 0.29) is 175 Å². The van der Waals surface area contributed by atoms with Crippen LogP contribution in [0.5, 0.6) is 0 Å². The van der Waals surface area contributed by atoms with Crippen molar-refractivity contribution in [2.24, 2.45) is 10.2 Å². The molecule has 6 rings (SSSR count). The quantitative estimate of drug-likeness (QED) is 0.0372. The van der Waals surface area contributed by atoms with E-state index in [1.54, 1.807) is 0 Å². The molecule has 29 heteroatoms. The first-order valence-electron chi connectivity index (χ1n) is 16.9. The molecule has 0 aromatic heterocycles. The SMILES string of the molecule is O=C(Nc1ccc2c(c1)C=C(S(=O)(=O)[O-])/C(=N\Nc1cccc(NC(=O)C(=O)[O-])c1)C2=O)Nc1ccc2c(c1)C=C(S(=O)(=O)[O-])/C(=N/Nc1cccc(NC(=O)C(=O)[O-])c1)C2=O.[Na+].[Na+].[Na+].[Na+]. The predicted molar refractivity (Wildman–Crippen MR) is 212 cm³/mol. The molecule has 4 amide bonds. The normalized spacial score (nSPS) is 13.8. The zero-order valence-electron chi connectivity index (χ0n) is 34.6. The largest absolute Gasteiger partial charge is 1.00 e. The van der Waals surface area contributed by atoms with Crippen LogP contribution in [0.4, 0.5) is 38.9 Å². The maximum Gasteiger partial charge on any atom is 1.00 e. The van der Waals surface area contributed by atoms with Gasteiger partial charge < -0.3 is 50.2 Å². The Morgan fingerprint density at radius 2 is 0.803 bits per heavy atom. The van der Waals surface area contributed by atoms with Crippen LogP contribution in [0.3, 0.4) is 0 Å². The number of hydrazone groups is 2. The van der Waals surface area contributed by atoms with Crippen molar-refractivity contribution in [2.45, 2.75) is 0 Å². The standard InChI is InChI=1S/C37H26N8O15S2.4Na/c46-31-25-9-7-21(11-17(25)13-27(61(55,56)57)29(31)44-42-23-5-1-3-19(15-23)38-33(48)35(50)51)40-37(54)41-22-8-10-26-18(12-22)14-28(62(58,59)60)30(32(26)47)45-43-24-6-2-4-20(16-24)39-34(49)36(52)53;;;;/h1-16,42-43H,(H,38,48)(H,39,49)(H,50,51)(H,52,53)(H2,40,41,54)(H,55,56,57)(H,58,59,60);;;;/q;4*+1/p-4/b44-29-,45-30+;;;;. The smallest absolute Gasteiger partial charge is 0.744 e. The molecular weight excluding hydrogens is 953 g/mol. The molecule has 0 unspecified atom stereocenters. The predicted octanol–water partition coefficient (Wildman–Crippen LogP) is -12.2. The summed E-state index contributed by atoms with van der Waals surface area (Å²) in [4.78, 5) is 82.1. The molecule has 66 heavy (non-hydrogen) atoms. The van der Waals surface area contributed by atoms with E-state index < -0.39 is 82.8 Å². The minimum atomic E-state index is -5.35. The zero-order valence-corrected chi connectivity index (χ0v) is 44.2. The van der Waals surface area contributed by atoms with Crippen LogP contribution in [0.25, 0.3) is 12.2 Å². The maximum atomic E-state index is 13.4. The summed E-state index contributed by atoms with van der Waals surface area (Å²) in [6, 6.07) is 16.7. The van der Waals surface area contributed by atoms with E-state index in [2.05, 4.69) is 31.7 Å². The van der Waals surface area contributed by atoms with Gasteiger partial charge in [0, 0.05) is 33.9 Å². The maximum absolute atomic E-state index is 13.4. The number of amides is 4. The summed E-state index contributed by atoms with van der Waals surface area (Å²) in [6.07, 6.45) is 1.69. The third kappa shape index (κ3) is 14.3. The van der Waals surface area contributed by atoms with E-state index in [0.717, 1.165) is 12.2 Å². The van der Waals surface area contributed by atoms with Crippen molar-refractivity contribution in [2.75, 3.05) is 32.1 Å². The number of carboxylic acids is 2. The molecule has 0 radical (unpaired) electrons. The van der Waals surface area contributed by atoms with E-state index in [1.807, 2.05) is 10.6 Å². The summed E-state index contributed by atoms with van der Waals surface area (Å²) in [7, 11) is -10.7. The van der Waals surface area contributed by atoms with Crippen molar-refractivity contribution in [1.82, 2.24) is 0 Å². The number of rotatable bonds is 10. The number of Topliss-reactive ketones (excluding diaryl/α,β-unsaturated/α-hetero) is 2. The second-order valence-electron chi connectivity index (χ2n) is 12.6. The van der Waals surface area contributed by atoms with E-state index in [9.17, 15) is 69.7 Å². The van der Waals surface area contributed by atoms with Crippen molar-refractivity contribution in [1.29, 1.82) is 0 Å². The molecule has 0 saturated carbocycles. The van der Waals surface area contributed by atoms with Crippen LogP contribution in [0.15, 0.2) is 105 Å². The van der Waals surface area contributed by atoms with Crippen LogP contribution in [0.2, 0.25) is 0 Å². The Kier molecular flexibility index (Phi) is 21.0. The Hall–Kier alpha value is -4.39. The number of fused-ring (bicyclic) bond motifs is 2. The van der Waals surface area contributed by atoms with E-state index in [0.29, 0.717) is 0 Å². The first-order chi connectivity index (χ1) is 29.2. The number of nitrogens with zero attached hydrogens (tertiary/aromatic N) is 2. The molecule has 0 spiro atoms. The van der Waals surface area contributed by atoms with Crippen LogP contribution in [0, 0.1) is 0 Å². The minimum Gasteiger partial charge on any atom is -0.744 e. The van der Waals surface area contributed by atoms with Crippen LogP contribution < -0.4 is 161 Å². The van der Waals surface area contributed by atoms with E-state index in [4.69, 9.17) is 0 Å². The van der Waals surface area contributed by atoms with Gasteiger partial charge in [-0.1, -0.05) is 12.1 Å². The molecule has 0 saturated heterocycles. The molecule has 0 atom stereocenters. The number of nitrogens with one attached hydrogen (secondary N) is 6. The Morgan fingerprint density at radius 3 is 1.14 bits per heavy atom. The van der Waals surface area contributed by atoms with Gasteiger partial charge >= 0.3 is 124 Å². The Labute approximate surface area is 461 Å². The zero-order chi connectivity index (χ0) is 45.1. The fraction of sp³-hybridized carbons (Fsp3) is 0. The van der Waals surface area contributed by atoms with Gasteiger partial charge in [-0.05, 0) is 96.1 Å². The number of urea groups is 1. The number of anilines is 6. The Bertz CT molecular complexity index is 2850. The molecule has 6 N–H and O–H groups in total. The second-order valence-corrected chi connectivity index (χ2v) is 15.3. The molecule has 0 heterocycles. The number of aliphatic carboxylic acids is 2. The van der Waals surface area contributed by atoms with Gasteiger partial charge in [0.15, 0.2) is 0 Å². The van der Waals surface area contributed by atoms with Crippen LogP contribution in [-0.4, -0.2) is 78.7 Å². The van der Waals surface area contributed by atoms with Gasteiger partial charge in [-0.25, -0.2) is 21.6 Å². The topological polar surface area (TPSA) is 377 Å². The summed E-state index contributed by atoms with van der Waals surface area (Å²) in [5.41, 5.74) is 2.60. The first kappa shape index (κ1) is 57.7. The van der Waals surface area contributed by atoms with Gasteiger partial charge in [0.1, 0.15) is 43.6 Å². The van der Waals surface area contributed by atoms with Gasteiger partial charge in [-0.3, -0.25) is 30.0 Å². The van der Waals surface area contributed by atoms with Crippen LogP contribution >= 0.6 is 0 Å². The average molecular weight is 975 g/mol. The summed E-state index contributed by atoms with van der Waals surface area (Å²) >= 11 is 0. The molecule has 4 aromatic rings. The third-order valence-corrected chi connectivity index (χ3v) is 10.0. The first-order valence-corrected chi connectivity index (χ1v) is 19.7. The minimum absolute atomic E-state index is 0. The summed E-state index contributed by atoms with van der Waals surface area (Å²) < 4.78 is 73.5. The average Bonchev–Trinajstić information content (AvgIpc) is 3.19. The molecule has 0 bridgehead atoms. The number of ketones is 2. The summed E-state index contributed by atoms with van der Waals surface area (Å²) in [5.74, 6) is -8.97. The van der Waals surface area contributed by atoms with Gasteiger partial charge in [0.2, 0.25) is 11.6 Å². The van der Waals surface area contributed by atoms with Crippen molar-refractivity contribution in [3.05, 3.63) is 117 Å². The molecule has 4 aromatic carbocycles. The second kappa shape index (κ2) is 24.1. The molecule has 2 aliphatic rings. The molecule has 0 fully saturated rings. The number of hydrogen-bond acceptors (Lipinski definition) is 19. The summed E-state index contributed by atoms with van der Waals surface area (Å²) in [5, 5.41) is 38.0. The monoisotopic (exact) mass is 974 g/mol. The molecule has 23 nitrogen and oxygen atoms in total. The van der Waals surface area contributed by atoms with Crippen molar-refractivity contribution >= 4 is 119 Å². The van der Waals surface area contributed by atoms with Gasteiger partial charge in [0.25, 0.3) is 11.8 Å². The Morgan fingerprint density at radius 1 is 0.470 bits per heavy atom. The molecule has 2 aliphatic carbocycles. The van der Waals surface area contributed by atoms with Crippen LogP contribution in [-0.2, 0) is 39.4 Å². The van der Waals surface area contributed by atoms with Crippen molar-refractivity contribution < 1.29 is 188 Å². The number of carboxylic acid groups (broad SMARTS) is 2. The van der Waals surface area contributed by atoms with Crippen LogP contribution in [0.1, 0.15) is 31.8 Å². The van der Waals surface area contributed by atoms with Gasteiger partial charge in [-0.15, -0.1) is 0 Å². The number of carbonyl (C=O) groups is 7. The number of allylic oxidation sites excluding steroid dienone is 2. The number of hydrogen-bond donors (Lipinski definition) is 6. The van der Waals surface area contributed by atoms with E-state index >= 15 is 0 Å². The van der Waals surface area contributed by atoms with E-state index in [1.165, 1.54) is 84.9 Å². The fourth-order valence-electron chi connectivity index (χ4n) is 5.66. The fourth-order valence-corrected chi connectivity index (χ4v) is 6.95. The number of carbonyl (C=O) groups excluding carboxylic acids is 7. The molecular formula is C37H22N8Na4O15S2. The van der Waals surface area contributed by atoms with Gasteiger partial charge in [-0.2, -0.15) is 10.2 Å².